The van der Waals surface area contributed by atoms with Crippen molar-refractivity contribution in [1.82, 2.24) is 9.97 Å². The number of hydrogen-bond acceptors (Lipinski definition) is 4. The van der Waals surface area contributed by atoms with Gasteiger partial charge in [-0.15, -0.1) is 0 Å². The normalized spacial score (nSPS) is 11.7. The van der Waals surface area contributed by atoms with Gasteiger partial charge in [-0.1, -0.05) is 146 Å². The first kappa shape index (κ1) is 30.3. The third kappa shape index (κ3) is 4.85. The summed E-state index contributed by atoms with van der Waals surface area (Å²) in [6, 6.07) is 63.1. The van der Waals surface area contributed by atoms with Crippen LogP contribution in [0.5, 0.6) is 0 Å². The maximum Gasteiger partial charge on any atom is 0.161 e. The number of para-hydroxylation sites is 3. The summed E-state index contributed by atoms with van der Waals surface area (Å²) in [5.74, 6) is 0.648. The highest BCUT2D eigenvalue weighted by atomic mass is 16.3. The summed E-state index contributed by atoms with van der Waals surface area (Å²) >= 11 is 0. The first-order chi connectivity index (χ1) is 26.8. The zero-order valence-corrected chi connectivity index (χ0v) is 29.0. The fourth-order valence-corrected chi connectivity index (χ4v) is 7.93. The van der Waals surface area contributed by atoms with E-state index in [4.69, 9.17) is 18.8 Å². The van der Waals surface area contributed by atoms with Crippen molar-refractivity contribution in [1.29, 1.82) is 0 Å². The molecule has 0 saturated carbocycles. The minimum atomic E-state index is 0.648. The molecule has 4 heteroatoms. The highest BCUT2D eigenvalue weighted by molar-refractivity contribution is 6.16. The van der Waals surface area contributed by atoms with Crippen molar-refractivity contribution in [2.24, 2.45) is 0 Å². The number of rotatable bonds is 5. The van der Waals surface area contributed by atoms with Crippen LogP contribution in [-0.4, -0.2) is 9.97 Å². The summed E-state index contributed by atoms with van der Waals surface area (Å²) in [5.41, 5.74) is 13.5. The summed E-state index contributed by atoms with van der Waals surface area (Å²) in [5, 5.41) is 5.29. The number of aromatic nitrogens is 2. The van der Waals surface area contributed by atoms with Crippen molar-refractivity contribution in [3.63, 3.8) is 0 Å². The zero-order valence-electron chi connectivity index (χ0n) is 29.0. The standard InChI is InChI=1S/C50H30N2O2/c1-3-12-31(13-4-1)32-22-24-33(25-23-32)46-41(50-51-43-20-9-7-17-40(43)47(52-50)34-14-5-2-6-15-34)28-27-39-38-19-11-18-36(48(38)54-49(39)46)35-26-29-45-42(30-35)37-16-8-10-21-44(37)53-45/h1-30H. The van der Waals surface area contributed by atoms with Gasteiger partial charge in [-0.25, -0.2) is 9.97 Å². The van der Waals surface area contributed by atoms with E-state index in [1.165, 1.54) is 5.56 Å². The number of fused-ring (bicyclic) bond motifs is 7. The van der Waals surface area contributed by atoms with Crippen LogP contribution in [0.15, 0.2) is 191 Å². The van der Waals surface area contributed by atoms with E-state index in [9.17, 15) is 0 Å². The number of hydrogen-bond donors (Lipinski definition) is 0. The molecule has 8 aromatic carbocycles. The minimum Gasteiger partial charge on any atom is -0.456 e. The average Bonchev–Trinajstić information content (AvgIpc) is 3.82. The third-order valence-corrected chi connectivity index (χ3v) is 10.5. The third-order valence-electron chi connectivity index (χ3n) is 10.5. The maximum absolute atomic E-state index is 7.10. The Labute approximate surface area is 310 Å². The Morgan fingerprint density at radius 3 is 1.80 bits per heavy atom. The lowest BCUT2D eigenvalue weighted by Gasteiger charge is -2.14. The molecule has 0 spiro atoms. The first-order valence-electron chi connectivity index (χ1n) is 18.2. The Morgan fingerprint density at radius 1 is 0.333 bits per heavy atom. The molecule has 0 saturated heterocycles. The summed E-state index contributed by atoms with van der Waals surface area (Å²) in [6.45, 7) is 0. The van der Waals surface area contributed by atoms with E-state index in [1.54, 1.807) is 0 Å². The molecule has 0 atom stereocenters. The van der Waals surface area contributed by atoms with E-state index in [-0.39, 0.29) is 0 Å². The molecule has 0 N–H and O–H groups in total. The molecule has 0 radical (unpaired) electrons. The number of nitrogens with zero attached hydrogens (tertiary/aromatic N) is 2. The van der Waals surface area contributed by atoms with Gasteiger partial charge >= 0.3 is 0 Å². The number of benzene rings is 8. The van der Waals surface area contributed by atoms with Gasteiger partial charge in [0.25, 0.3) is 0 Å². The second-order valence-corrected chi connectivity index (χ2v) is 13.7. The van der Waals surface area contributed by atoms with Crippen molar-refractivity contribution in [2.45, 2.75) is 0 Å². The smallest absolute Gasteiger partial charge is 0.161 e. The van der Waals surface area contributed by atoms with Crippen molar-refractivity contribution < 1.29 is 8.83 Å². The monoisotopic (exact) mass is 690 g/mol. The van der Waals surface area contributed by atoms with E-state index < -0.39 is 0 Å². The molecule has 11 aromatic rings. The van der Waals surface area contributed by atoms with Gasteiger partial charge in [0.15, 0.2) is 5.82 Å². The molecule has 0 aliphatic rings. The fourth-order valence-electron chi connectivity index (χ4n) is 7.93. The zero-order chi connectivity index (χ0) is 35.6. The van der Waals surface area contributed by atoms with Crippen LogP contribution in [0.2, 0.25) is 0 Å². The average molecular weight is 691 g/mol. The van der Waals surface area contributed by atoms with E-state index in [1.807, 2.05) is 36.4 Å². The molecule has 3 aromatic heterocycles. The molecule has 54 heavy (non-hydrogen) atoms. The molecule has 4 nitrogen and oxygen atoms in total. The molecule has 0 amide bonds. The molecule has 3 heterocycles. The second-order valence-electron chi connectivity index (χ2n) is 13.7. The van der Waals surface area contributed by atoms with Crippen molar-refractivity contribution >= 4 is 54.8 Å². The van der Waals surface area contributed by atoms with Crippen LogP contribution in [-0.2, 0) is 0 Å². The highest BCUT2D eigenvalue weighted by Crippen LogP contribution is 2.45. The van der Waals surface area contributed by atoms with E-state index in [2.05, 4.69) is 146 Å². The van der Waals surface area contributed by atoms with Gasteiger partial charge in [0.05, 0.1) is 11.2 Å². The molecule has 11 rings (SSSR count). The van der Waals surface area contributed by atoms with Crippen LogP contribution < -0.4 is 0 Å². The SMILES string of the molecule is c1ccc(-c2ccc(-c3c(-c4nc(-c5ccccc5)c5ccccc5n4)ccc4c3oc3c(-c5ccc6oc7ccccc7c6c5)cccc34)cc2)cc1. The summed E-state index contributed by atoms with van der Waals surface area (Å²) in [6.07, 6.45) is 0. The van der Waals surface area contributed by atoms with Crippen LogP contribution in [0.1, 0.15) is 0 Å². The molecule has 0 aliphatic carbocycles. The quantitative estimate of drug-likeness (QED) is 0.180. The molecule has 252 valence electrons. The van der Waals surface area contributed by atoms with E-state index in [0.717, 1.165) is 99.4 Å². The number of furan rings is 2. The molecular weight excluding hydrogens is 661 g/mol. The Balaban J connectivity index is 1.17. The summed E-state index contributed by atoms with van der Waals surface area (Å²) in [7, 11) is 0. The lowest BCUT2D eigenvalue weighted by atomic mass is 9.94. The maximum atomic E-state index is 7.10. The Bertz CT molecular complexity index is 3200. The van der Waals surface area contributed by atoms with Gasteiger partial charge in [-0.05, 0) is 58.7 Å². The second kappa shape index (κ2) is 12.1. The van der Waals surface area contributed by atoms with E-state index >= 15 is 0 Å². The topological polar surface area (TPSA) is 52.1 Å². The molecule has 0 aliphatic heterocycles. The van der Waals surface area contributed by atoms with Gasteiger partial charge in [0.1, 0.15) is 22.3 Å². The fraction of sp³-hybridized carbons (Fsp3) is 0. The summed E-state index contributed by atoms with van der Waals surface area (Å²) in [4.78, 5) is 10.5. The Kier molecular flexibility index (Phi) is 6.82. The Morgan fingerprint density at radius 2 is 0.963 bits per heavy atom. The van der Waals surface area contributed by atoms with Crippen LogP contribution in [0.3, 0.4) is 0 Å². The van der Waals surface area contributed by atoms with E-state index in [0.29, 0.717) is 5.82 Å². The van der Waals surface area contributed by atoms with Gasteiger partial charge < -0.3 is 8.83 Å². The molecule has 0 unspecified atom stereocenters. The Hall–Kier alpha value is -7.30. The summed E-state index contributed by atoms with van der Waals surface area (Å²) < 4.78 is 13.3. The van der Waals surface area contributed by atoms with Crippen molar-refractivity contribution in [2.75, 3.05) is 0 Å². The first-order valence-corrected chi connectivity index (χ1v) is 18.2. The molecule has 0 fully saturated rings. The largest absolute Gasteiger partial charge is 0.456 e. The molecular formula is C50H30N2O2. The van der Waals surface area contributed by atoms with Gasteiger partial charge in [-0.3, -0.25) is 0 Å². The predicted molar refractivity (Wildman–Crippen MR) is 221 cm³/mol. The van der Waals surface area contributed by atoms with Gasteiger partial charge in [-0.2, -0.15) is 0 Å². The van der Waals surface area contributed by atoms with Crippen LogP contribution in [0.25, 0.3) is 111 Å². The van der Waals surface area contributed by atoms with Crippen molar-refractivity contribution in [3.8, 4) is 56.0 Å². The lowest BCUT2D eigenvalue weighted by Crippen LogP contribution is -1.97. The lowest BCUT2D eigenvalue weighted by molar-refractivity contribution is 0.668. The van der Waals surface area contributed by atoms with Crippen LogP contribution in [0, 0.1) is 0 Å². The van der Waals surface area contributed by atoms with Crippen LogP contribution >= 0.6 is 0 Å². The minimum absolute atomic E-state index is 0.648. The van der Waals surface area contributed by atoms with Crippen LogP contribution in [0.4, 0.5) is 0 Å². The van der Waals surface area contributed by atoms with Gasteiger partial charge in [0.2, 0.25) is 0 Å². The highest BCUT2D eigenvalue weighted by Gasteiger charge is 2.22. The predicted octanol–water partition coefficient (Wildman–Crippen LogP) is 13.8. The van der Waals surface area contributed by atoms with Crippen molar-refractivity contribution in [3.05, 3.63) is 182 Å². The van der Waals surface area contributed by atoms with Gasteiger partial charge in [0, 0.05) is 49.2 Å². The molecule has 0 bridgehead atoms.